The van der Waals surface area contributed by atoms with Crippen LogP contribution in [0.5, 0.6) is 5.75 Å². The van der Waals surface area contributed by atoms with Crippen LogP contribution in [0.4, 0.5) is 4.39 Å². The van der Waals surface area contributed by atoms with Crippen LogP contribution in [0.2, 0.25) is 0 Å². The first-order valence-electron chi connectivity index (χ1n) is 7.78. The van der Waals surface area contributed by atoms with Crippen molar-refractivity contribution in [2.45, 2.75) is 58.6 Å². The molecule has 0 saturated heterocycles. The highest BCUT2D eigenvalue weighted by Gasteiger charge is 2.24. The Balaban J connectivity index is 1.83. The lowest BCUT2D eigenvalue weighted by molar-refractivity contribution is 0.204. The molecule has 20 heavy (non-hydrogen) atoms. The third-order valence-corrected chi connectivity index (χ3v) is 4.02. The van der Waals surface area contributed by atoms with E-state index < -0.39 is 0 Å². The van der Waals surface area contributed by atoms with Crippen LogP contribution in [-0.4, -0.2) is 18.7 Å². The van der Waals surface area contributed by atoms with Gasteiger partial charge in [0, 0.05) is 18.0 Å². The fourth-order valence-corrected chi connectivity index (χ4v) is 2.82. The lowest BCUT2D eigenvalue weighted by atomic mass is 9.96. The molecule has 2 atom stereocenters. The van der Waals surface area contributed by atoms with Gasteiger partial charge >= 0.3 is 0 Å². The Bertz CT molecular complexity index is 433. The molecule has 1 aromatic rings. The molecule has 3 heteroatoms. The van der Waals surface area contributed by atoms with Crippen LogP contribution in [0.25, 0.3) is 0 Å². The fourth-order valence-electron chi connectivity index (χ4n) is 2.82. The van der Waals surface area contributed by atoms with E-state index in [-0.39, 0.29) is 11.9 Å². The number of hydrogen-bond donors (Lipinski definition) is 1. The number of ether oxygens (including phenoxy) is 1. The molecule has 1 aliphatic heterocycles. The minimum absolute atomic E-state index is 0.169. The number of benzene rings is 1. The second-order valence-electron chi connectivity index (χ2n) is 6.08. The fraction of sp³-hybridized carbons (Fsp3) is 0.647. The molecule has 0 radical (unpaired) electrons. The van der Waals surface area contributed by atoms with Crippen LogP contribution < -0.4 is 10.1 Å². The van der Waals surface area contributed by atoms with Crippen molar-refractivity contribution in [1.82, 2.24) is 5.32 Å². The molecule has 1 aliphatic rings. The topological polar surface area (TPSA) is 21.3 Å². The average Bonchev–Trinajstić information content (AvgIpc) is 2.80. The number of fused-ring (bicyclic) bond motifs is 1. The maximum absolute atomic E-state index is 13.2. The first-order chi connectivity index (χ1) is 9.60. The highest BCUT2D eigenvalue weighted by atomic mass is 19.1. The van der Waals surface area contributed by atoms with E-state index in [1.165, 1.54) is 6.07 Å². The van der Waals surface area contributed by atoms with E-state index >= 15 is 0 Å². The summed E-state index contributed by atoms with van der Waals surface area (Å²) in [6.07, 6.45) is 4.34. The highest BCUT2D eigenvalue weighted by Crippen LogP contribution is 2.31. The van der Waals surface area contributed by atoms with Crippen LogP contribution in [-0.2, 0) is 6.42 Å². The zero-order chi connectivity index (χ0) is 14.5. The van der Waals surface area contributed by atoms with Crippen LogP contribution in [0.15, 0.2) is 18.2 Å². The lowest BCUT2D eigenvalue weighted by Gasteiger charge is -2.23. The Hall–Kier alpha value is -1.09. The van der Waals surface area contributed by atoms with E-state index in [1.807, 2.05) is 0 Å². The molecule has 2 unspecified atom stereocenters. The lowest BCUT2D eigenvalue weighted by Crippen LogP contribution is -2.35. The Morgan fingerprint density at radius 2 is 2.20 bits per heavy atom. The summed E-state index contributed by atoms with van der Waals surface area (Å²) < 4.78 is 19.1. The van der Waals surface area contributed by atoms with Gasteiger partial charge in [0.15, 0.2) is 0 Å². The van der Waals surface area contributed by atoms with Crippen molar-refractivity contribution in [2.75, 3.05) is 6.54 Å². The quantitative estimate of drug-likeness (QED) is 0.816. The number of rotatable bonds is 7. The minimum Gasteiger partial charge on any atom is -0.490 e. The van der Waals surface area contributed by atoms with Crippen LogP contribution in [0.3, 0.4) is 0 Å². The van der Waals surface area contributed by atoms with Gasteiger partial charge in [0.25, 0.3) is 0 Å². The zero-order valence-corrected chi connectivity index (χ0v) is 12.8. The normalized spacial score (nSPS) is 18.9. The molecule has 1 N–H and O–H groups in total. The molecular formula is C17H26FNO. The summed E-state index contributed by atoms with van der Waals surface area (Å²) in [5.41, 5.74) is 1.01. The van der Waals surface area contributed by atoms with Crippen molar-refractivity contribution in [1.29, 1.82) is 0 Å². The van der Waals surface area contributed by atoms with Gasteiger partial charge in [-0.1, -0.05) is 20.8 Å². The third kappa shape index (κ3) is 3.95. The molecule has 0 spiro atoms. The summed E-state index contributed by atoms with van der Waals surface area (Å²) in [4.78, 5) is 0. The van der Waals surface area contributed by atoms with E-state index in [0.29, 0.717) is 12.0 Å². The van der Waals surface area contributed by atoms with E-state index in [2.05, 4.69) is 26.1 Å². The van der Waals surface area contributed by atoms with Gasteiger partial charge in [-0.05, 0) is 49.9 Å². The van der Waals surface area contributed by atoms with Crippen molar-refractivity contribution < 1.29 is 9.13 Å². The summed E-state index contributed by atoms with van der Waals surface area (Å²) in [6.45, 7) is 7.77. The van der Waals surface area contributed by atoms with Gasteiger partial charge in [0.1, 0.15) is 17.7 Å². The monoisotopic (exact) mass is 279 g/mol. The molecule has 1 heterocycles. The Morgan fingerprint density at radius 3 is 2.90 bits per heavy atom. The molecule has 0 saturated carbocycles. The average molecular weight is 279 g/mol. The van der Waals surface area contributed by atoms with Gasteiger partial charge in [-0.2, -0.15) is 0 Å². The van der Waals surface area contributed by atoms with Crippen LogP contribution in [0.1, 0.15) is 45.6 Å². The van der Waals surface area contributed by atoms with Gasteiger partial charge in [0.2, 0.25) is 0 Å². The predicted molar refractivity (Wildman–Crippen MR) is 80.7 cm³/mol. The van der Waals surface area contributed by atoms with Crippen molar-refractivity contribution >= 4 is 0 Å². The summed E-state index contributed by atoms with van der Waals surface area (Å²) in [6, 6.07) is 5.37. The molecule has 1 aromatic carbocycles. The molecule has 0 aromatic heterocycles. The number of nitrogens with one attached hydrogen (secondary N) is 1. The summed E-state index contributed by atoms with van der Waals surface area (Å²) >= 11 is 0. The summed E-state index contributed by atoms with van der Waals surface area (Å²) in [5.74, 6) is 1.32. The molecule has 2 nitrogen and oxygen atoms in total. The Morgan fingerprint density at radius 1 is 1.40 bits per heavy atom. The first-order valence-corrected chi connectivity index (χ1v) is 7.78. The molecule has 2 rings (SSSR count). The maximum Gasteiger partial charge on any atom is 0.123 e. The summed E-state index contributed by atoms with van der Waals surface area (Å²) in [5, 5.41) is 3.61. The van der Waals surface area contributed by atoms with Crippen LogP contribution >= 0.6 is 0 Å². The van der Waals surface area contributed by atoms with Crippen molar-refractivity contribution in [3.63, 3.8) is 0 Å². The maximum atomic E-state index is 13.2. The summed E-state index contributed by atoms with van der Waals surface area (Å²) in [7, 11) is 0. The standard InChI is InChI=1S/C17H26FNO/c1-4-9-19-16(12(2)3)7-6-15-11-13-10-14(18)5-8-17(13)20-15/h5,8,10,12,15-16,19H,4,6-7,9,11H2,1-3H3. The predicted octanol–water partition coefficient (Wildman–Crippen LogP) is 3.93. The van der Waals surface area contributed by atoms with E-state index in [4.69, 9.17) is 4.74 Å². The van der Waals surface area contributed by atoms with Crippen molar-refractivity contribution in [3.8, 4) is 5.75 Å². The second kappa shape index (κ2) is 7.07. The molecule has 0 amide bonds. The highest BCUT2D eigenvalue weighted by molar-refractivity contribution is 5.37. The van der Waals surface area contributed by atoms with Crippen molar-refractivity contribution in [2.24, 2.45) is 5.92 Å². The van der Waals surface area contributed by atoms with E-state index in [1.54, 1.807) is 12.1 Å². The van der Waals surface area contributed by atoms with Crippen molar-refractivity contribution in [3.05, 3.63) is 29.6 Å². The smallest absolute Gasteiger partial charge is 0.123 e. The van der Waals surface area contributed by atoms with Gasteiger partial charge in [0.05, 0.1) is 0 Å². The van der Waals surface area contributed by atoms with Gasteiger partial charge in [-0.25, -0.2) is 4.39 Å². The van der Waals surface area contributed by atoms with Gasteiger partial charge in [-0.3, -0.25) is 0 Å². The van der Waals surface area contributed by atoms with E-state index in [9.17, 15) is 4.39 Å². The van der Waals surface area contributed by atoms with E-state index in [0.717, 1.165) is 43.5 Å². The largest absolute Gasteiger partial charge is 0.490 e. The molecule has 0 fully saturated rings. The Kier molecular flexibility index (Phi) is 5.41. The second-order valence-corrected chi connectivity index (χ2v) is 6.08. The Labute approximate surface area is 121 Å². The molecule has 0 bridgehead atoms. The molecular weight excluding hydrogens is 253 g/mol. The third-order valence-electron chi connectivity index (χ3n) is 4.02. The van der Waals surface area contributed by atoms with Gasteiger partial charge < -0.3 is 10.1 Å². The SMILES string of the molecule is CCCNC(CCC1Cc2cc(F)ccc2O1)C(C)C. The van der Waals surface area contributed by atoms with Crippen LogP contribution in [0, 0.1) is 11.7 Å². The zero-order valence-electron chi connectivity index (χ0n) is 12.8. The molecule has 112 valence electrons. The van der Waals surface area contributed by atoms with Gasteiger partial charge in [-0.15, -0.1) is 0 Å². The first kappa shape index (κ1) is 15.3. The number of halogens is 1. The number of hydrogen-bond acceptors (Lipinski definition) is 2. The minimum atomic E-state index is -0.169. The molecule has 0 aliphatic carbocycles.